The Bertz CT molecular complexity index is 354. The van der Waals surface area contributed by atoms with E-state index in [1.54, 1.807) is 0 Å². The molecule has 0 bridgehead atoms. The molecule has 0 aliphatic carbocycles. The van der Waals surface area contributed by atoms with Crippen LogP contribution in [0, 0.1) is 0 Å². The highest BCUT2D eigenvalue weighted by atomic mass is 16.4. The molecule has 154 valence electrons. The van der Waals surface area contributed by atoms with Gasteiger partial charge in [0.25, 0.3) is 6.61 Å². The summed E-state index contributed by atoms with van der Waals surface area (Å²) in [6.07, 6.45) is 17.0. The van der Waals surface area contributed by atoms with Gasteiger partial charge in [0.2, 0.25) is 0 Å². The Morgan fingerprint density at radius 2 is 1.23 bits per heavy atom. The number of carbonyl (C=O) groups is 1. The molecule has 1 unspecified atom stereocenters. The van der Waals surface area contributed by atoms with Crippen molar-refractivity contribution in [3.63, 3.8) is 0 Å². The van der Waals surface area contributed by atoms with Gasteiger partial charge in [0.05, 0.1) is 13.0 Å². The molecule has 0 aromatic carbocycles. The lowest BCUT2D eigenvalue weighted by atomic mass is 10.0. The third-order valence-electron chi connectivity index (χ3n) is 4.66. The van der Waals surface area contributed by atoms with Gasteiger partial charge in [-0.05, 0) is 6.42 Å². The molecule has 5 heteroatoms. The Balaban J connectivity index is 3.47. The monoisotopic (exact) mass is 373 g/mol. The zero-order valence-corrected chi connectivity index (χ0v) is 16.8. The number of carboxylic acid groups (broad SMARTS) is 1. The summed E-state index contributed by atoms with van der Waals surface area (Å²) in [5.41, 5.74) is 0. The summed E-state index contributed by atoms with van der Waals surface area (Å²) < 4.78 is 5.08. The highest BCUT2D eigenvalue weighted by molar-refractivity contribution is 6.32. The summed E-state index contributed by atoms with van der Waals surface area (Å²) in [5.74, 6) is -1.10. The Kier molecular flexibility index (Phi) is 18.2. The van der Waals surface area contributed by atoms with Gasteiger partial charge in [-0.25, -0.2) is 9.22 Å². The molecule has 1 atom stereocenters. The summed E-state index contributed by atoms with van der Waals surface area (Å²) in [6.45, 7) is 1.66. The normalized spacial score (nSPS) is 13.1. The van der Waals surface area contributed by atoms with Gasteiger partial charge >= 0.3 is 11.8 Å². The number of ketones is 1. The second-order valence-corrected chi connectivity index (χ2v) is 7.22. The highest BCUT2D eigenvalue weighted by Gasteiger charge is 2.22. The number of hydrogen-bond acceptors (Lipinski definition) is 3. The van der Waals surface area contributed by atoms with Gasteiger partial charge < -0.3 is 15.3 Å². The number of unbranched alkanes of at least 4 members (excludes halogenated alkanes) is 13. The molecule has 0 aliphatic heterocycles. The summed E-state index contributed by atoms with van der Waals surface area (Å²) >= 11 is 0. The van der Waals surface area contributed by atoms with Crippen LogP contribution in [-0.2, 0) is 9.22 Å². The van der Waals surface area contributed by atoms with Crippen molar-refractivity contribution in [2.24, 2.45) is 0 Å². The fourth-order valence-corrected chi connectivity index (χ4v) is 2.97. The van der Waals surface area contributed by atoms with Crippen molar-refractivity contribution in [2.45, 2.75) is 109 Å². The summed E-state index contributed by atoms with van der Waals surface area (Å²) in [4.78, 5) is 11.1. The lowest BCUT2D eigenvalue weighted by Crippen LogP contribution is -2.23. The fraction of sp³-hybridized carbons (Fsp3) is 0.905. The van der Waals surface area contributed by atoms with Crippen LogP contribution >= 0.6 is 0 Å². The van der Waals surface area contributed by atoms with E-state index >= 15 is 0 Å². The fourth-order valence-electron chi connectivity index (χ4n) is 2.97. The first-order chi connectivity index (χ1) is 12.6. The minimum atomic E-state index is -1.08. The molecule has 0 saturated carbocycles. The van der Waals surface area contributed by atoms with E-state index in [2.05, 4.69) is 6.92 Å². The van der Waals surface area contributed by atoms with Crippen molar-refractivity contribution in [2.75, 3.05) is 13.2 Å². The first-order valence-electron chi connectivity index (χ1n) is 10.6. The van der Waals surface area contributed by atoms with E-state index < -0.39 is 18.7 Å². The molecule has 3 N–H and O–H groups in total. The van der Waals surface area contributed by atoms with E-state index in [1.165, 1.54) is 70.6 Å². The molecule has 0 spiro atoms. The van der Waals surface area contributed by atoms with Crippen molar-refractivity contribution < 1.29 is 24.5 Å². The van der Waals surface area contributed by atoms with Crippen LogP contribution in [0.5, 0.6) is 0 Å². The van der Waals surface area contributed by atoms with Gasteiger partial charge in [0, 0.05) is 0 Å². The maximum absolute atomic E-state index is 11.1. The van der Waals surface area contributed by atoms with E-state index in [4.69, 9.17) is 14.6 Å². The lowest BCUT2D eigenvalue weighted by Gasteiger charge is -2.02. The predicted octanol–water partition coefficient (Wildman–Crippen LogP) is 4.40. The first kappa shape index (κ1) is 25.1. The van der Waals surface area contributed by atoms with Crippen LogP contribution in [0.4, 0.5) is 0 Å². The topological polar surface area (TPSA) is 89.1 Å². The maximum atomic E-state index is 11.1. The van der Waals surface area contributed by atoms with Gasteiger partial charge in [-0.15, -0.1) is 0 Å². The van der Waals surface area contributed by atoms with Crippen LogP contribution in [0.2, 0.25) is 0 Å². The predicted molar refractivity (Wildman–Crippen MR) is 106 cm³/mol. The molecular formula is C21H41O5+. The van der Waals surface area contributed by atoms with Gasteiger partial charge in [0.15, 0.2) is 6.10 Å². The molecule has 0 rings (SSSR count). The average molecular weight is 374 g/mol. The van der Waals surface area contributed by atoms with Crippen LogP contribution in [0.15, 0.2) is 0 Å². The molecule has 0 aromatic rings. The Hall–Kier alpha value is -0.940. The molecule has 0 aliphatic rings. The number of aliphatic hydroxyl groups is 2. The molecule has 0 radical (unpaired) electrons. The number of aliphatic carboxylic acids is 1. The number of rotatable bonds is 19. The number of hydrogen-bond donors (Lipinski definition) is 3. The van der Waals surface area contributed by atoms with Crippen LogP contribution < -0.4 is 0 Å². The van der Waals surface area contributed by atoms with Crippen LogP contribution in [-0.4, -0.2) is 46.4 Å². The summed E-state index contributed by atoms with van der Waals surface area (Å²) in [5, 5.41) is 27.0. The number of aliphatic hydroxyl groups excluding tert-OH is 2. The molecular weight excluding hydrogens is 332 g/mol. The van der Waals surface area contributed by atoms with Crippen molar-refractivity contribution in [3.05, 3.63) is 0 Å². The molecule has 0 amide bonds. The van der Waals surface area contributed by atoms with E-state index in [-0.39, 0.29) is 12.4 Å². The molecule has 0 heterocycles. The molecule has 0 aromatic heterocycles. The Morgan fingerprint density at radius 1 is 0.808 bits per heavy atom. The molecule has 0 saturated heterocycles. The van der Waals surface area contributed by atoms with Crippen LogP contribution in [0.1, 0.15) is 103 Å². The average Bonchev–Trinajstić information content (AvgIpc) is 2.63. The minimum Gasteiger partial charge on any atom is -0.472 e. The lowest BCUT2D eigenvalue weighted by molar-refractivity contribution is -0.470. The standard InChI is InChI=1S/C21H40O5/c1-2-3-4-5-6-7-8-9-10-11-12-13-14-15-16-20(21(24)25)26-18-19(23)17-22/h19,22-23H,2-18H2,1H3/p+1. The zero-order chi connectivity index (χ0) is 19.5. The summed E-state index contributed by atoms with van der Waals surface area (Å²) in [6, 6.07) is 0. The second-order valence-electron chi connectivity index (χ2n) is 7.22. The smallest absolute Gasteiger partial charge is 0.429 e. The molecule has 0 fully saturated rings. The third kappa shape index (κ3) is 16.5. The second kappa shape index (κ2) is 18.8. The van der Waals surface area contributed by atoms with Crippen LogP contribution in [0.25, 0.3) is 0 Å². The van der Waals surface area contributed by atoms with Crippen molar-refractivity contribution in [1.82, 2.24) is 0 Å². The van der Waals surface area contributed by atoms with E-state index in [0.717, 1.165) is 19.3 Å². The zero-order valence-electron chi connectivity index (χ0n) is 16.8. The quantitative estimate of drug-likeness (QED) is 0.178. The van der Waals surface area contributed by atoms with Gasteiger partial charge in [-0.2, -0.15) is 0 Å². The summed E-state index contributed by atoms with van der Waals surface area (Å²) in [7, 11) is 0. The Labute approximate surface area is 159 Å². The van der Waals surface area contributed by atoms with Gasteiger partial charge in [-0.3, -0.25) is 0 Å². The minimum absolute atomic E-state index is 0.0172. The van der Waals surface area contributed by atoms with Gasteiger partial charge in [-0.1, -0.05) is 90.4 Å². The number of carboxylic acids is 1. The number of carbonyl (C=O) groups excluding carboxylic acids is 1. The Morgan fingerprint density at radius 3 is 1.62 bits per heavy atom. The van der Waals surface area contributed by atoms with E-state index in [1.807, 2.05) is 0 Å². The van der Waals surface area contributed by atoms with E-state index in [9.17, 15) is 9.90 Å². The van der Waals surface area contributed by atoms with E-state index in [0.29, 0.717) is 6.42 Å². The van der Waals surface area contributed by atoms with Crippen LogP contribution in [0.3, 0.4) is 0 Å². The molecule has 26 heavy (non-hydrogen) atoms. The van der Waals surface area contributed by atoms with Crippen molar-refractivity contribution in [1.29, 1.82) is 0 Å². The third-order valence-corrected chi connectivity index (χ3v) is 4.66. The van der Waals surface area contributed by atoms with Gasteiger partial charge in [0.1, 0.15) is 0 Å². The molecule has 5 nitrogen and oxygen atoms in total. The maximum Gasteiger partial charge on any atom is 0.429 e. The SMILES string of the molecule is CCCCCCCCCCCCCCCCC(=[O+]CC(O)CO)C(=O)O. The van der Waals surface area contributed by atoms with Crippen molar-refractivity contribution in [3.8, 4) is 0 Å². The largest absolute Gasteiger partial charge is 0.472 e. The van der Waals surface area contributed by atoms with Crippen molar-refractivity contribution >= 4 is 11.8 Å². The first-order valence-corrected chi connectivity index (χ1v) is 10.6. The highest BCUT2D eigenvalue weighted by Crippen LogP contribution is 2.13.